The van der Waals surface area contributed by atoms with Gasteiger partial charge in [-0.2, -0.15) is 5.10 Å². The number of carbonyl (C=O) groups is 1. The summed E-state index contributed by atoms with van der Waals surface area (Å²) in [6, 6.07) is 9.96. The lowest BCUT2D eigenvalue weighted by atomic mass is 9.94. The first kappa shape index (κ1) is 14.9. The molecule has 1 amide bonds. The summed E-state index contributed by atoms with van der Waals surface area (Å²) in [5.74, 6) is 1.46. The van der Waals surface area contributed by atoms with E-state index in [1.165, 1.54) is 0 Å². The minimum Gasteiger partial charge on any atom is -0.342 e. The predicted octanol–water partition coefficient (Wildman–Crippen LogP) is 2.62. The van der Waals surface area contributed by atoms with E-state index in [1.54, 1.807) is 6.20 Å². The molecular formula is C18H21N5O. The molecule has 1 atom stereocenters. The Balaban J connectivity index is 1.37. The van der Waals surface area contributed by atoms with Crippen LogP contribution in [0.15, 0.2) is 36.5 Å². The lowest BCUT2D eigenvalue weighted by Gasteiger charge is -2.32. The third kappa shape index (κ3) is 3.04. The van der Waals surface area contributed by atoms with Gasteiger partial charge in [-0.1, -0.05) is 12.1 Å². The molecule has 0 saturated carbocycles. The molecule has 0 unspecified atom stereocenters. The molecule has 24 heavy (non-hydrogen) atoms. The van der Waals surface area contributed by atoms with Crippen LogP contribution in [-0.2, 0) is 11.2 Å². The number of hydrogen-bond donors (Lipinski definition) is 2. The molecule has 0 radical (unpaired) electrons. The highest BCUT2D eigenvalue weighted by atomic mass is 16.2. The fourth-order valence-electron chi connectivity index (χ4n) is 3.46. The van der Waals surface area contributed by atoms with Crippen LogP contribution >= 0.6 is 0 Å². The molecule has 1 saturated heterocycles. The molecule has 3 heterocycles. The molecule has 0 aliphatic carbocycles. The summed E-state index contributed by atoms with van der Waals surface area (Å²) in [4.78, 5) is 22.4. The van der Waals surface area contributed by atoms with Gasteiger partial charge < -0.3 is 9.88 Å². The zero-order valence-electron chi connectivity index (χ0n) is 13.5. The van der Waals surface area contributed by atoms with Crippen molar-refractivity contribution in [2.24, 2.45) is 0 Å². The number of amides is 1. The summed E-state index contributed by atoms with van der Waals surface area (Å²) < 4.78 is 0. The Morgan fingerprint density at radius 1 is 1.29 bits per heavy atom. The number of imidazole rings is 1. The van der Waals surface area contributed by atoms with E-state index in [0.717, 1.165) is 48.5 Å². The molecule has 124 valence electrons. The van der Waals surface area contributed by atoms with Gasteiger partial charge in [0, 0.05) is 43.7 Å². The number of H-pyrrole nitrogens is 2. The SMILES string of the molecule is O=C(CCc1nc2ccccc2[nH]1)N1CCC[C@H](c2ccn[nH]2)C1. The van der Waals surface area contributed by atoms with Crippen molar-refractivity contribution >= 4 is 16.9 Å². The second-order valence-corrected chi connectivity index (χ2v) is 6.39. The molecule has 1 aliphatic heterocycles. The molecule has 1 aromatic carbocycles. The van der Waals surface area contributed by atoms with E-state index in [1.807, 2.05) is 35.2 Å². The molecule has 2 N–H and O–H groups in total. The van der Waals surface area contributed by atoms with Crippen molar-refractivity contribution in [1.82, 2.24) is 25.1 Å². The number of para-hydroxylation sites is 2. The van der Waals surface area contributed by atoms with Crippen LogP contribution in [0.5, 0.6) is 0 Å². The molecule has 4 rings (SSSR count). The number of nitrogens with zero attached hydrogens (tertiary/aromatic N) is 3. The largest absolute Gasteiger partial charge is 0.342 e. The summed E-state index contributed by atoms with van der Waals surface area (Å²) in [5.41, 5.74) is 3.11. The van der Waals surface area contributed by atoms with E-state index >= 15 is 0 Å². The number of benzene rings is 1. The molecular weight excluding hydrogens is 302 g/mol. The topological polar surface area (TPSA) is 77.7 Å². The Morgan fingerprint density at radius 3 is 3.04 bits per heavy atom. The van der Waals surface area contributed by atoms with Crippen LogP contribution in [0.1, 0.15) is 36.7 Å². The standard InChI is InChI=1S/C18H21N5O/c24-18(8-7-17-20-15-5-1-2-6-16(15)21-17)23-11-3-4-13(12-23)14-9-10-19-22-14/h1-2,5-6,9-10,13H,3-4,7-8,11-12H2,(H,19,22)(H,20,21)/t13-/m0/s1. The van der Waals surface area contributed by atoms with Crippen molar-refractivity contribution in [1.29, 1.82) is 0 Å². The van der Waals surface area contributed by atoms with Crippen LogP contribution in [0.2, 0.25) is 0 Å². The summed E-state index contributed by atoms with van der Waals surface area (Å²) in [6.45, 7) is 1.63. The number of hydrogen-bond acceptors (Lipinski definition) is 3. The van der Waals surface area contributed by atoms with Gasteiger partial charge in [-0.05, 0) is 31.0 Å². The van der Waals surface area contributed by atoms with Crippen LogP contribution in [-0.4, -0.2) is 44.1 Å². The van der Waals surface area contributed by atoms with Crippen molar-refractivity contribution in [2.45, 2.75) is 31.6 Å². The number of fused-ring (bicyclic) bond motifs is 1. The van der Waals surface area contributed by atoms with Crippen LogP contribution < -0.4 is 0 Å². The molecule has 1 fully saturated rings. The lowest BCUT2D eigenvalue weighted by Crippen LogP contribution is -2.39. The Hall–Kier alpha value is -2.63. The van der Waals surface area contributed by atoms with E-state index < -0.39 is 0 Å². The maximum absolute atomic E-state index is 12.6. The number of carbonyl (C=O) groups excluding carboxylic acids is 1. The van der Waals surface area contributed by atoms with Gasteiger partial charge in [0.1, 0.15) is 5.82 Å². The lowest BCUT2D eigenvalue weighted by molar-refractivity contribution is -0.132. The Bertz CT molecular complexity index is 790. The monoisotopic (exact) mass is 323 g/mol. The first-order valence-corrected chi connectivity index (χ1v) is 8.50. The maximum Gasteiger partial charge on any atom is 0.223 e. The van der Waals surface area contributed by atoms with Crippen LogP contribution in [0, 0.1) is 0 Å². The van der Waals surface area contributed by atoms with Gasteiger partial charge in [0.25, 0.3) is 0 Å². The molecule has 1 aliphatic rings. The molecule has 3 aromatic rings. The van der Waals surface area contributed by atoms with Crippen LogP contribution in [0.3, 0.4) is 0 Å². The highest BCUT2D eigenvalue weighted by Crippen LogP contribution is 2.25. The molecule has 0 bridgehead atoms. The zero-order chi connectivity index (χ0) is 16.4. The van der Waals surface area contributed by atoms with Gasteiger partial charge in [0.15, 0.2) is 0 Å². The van der Waals surface area contributed by atoms with Gasteiger partial charge in [-0.25, -0.2) is 4.98 Å². The normalized spacial score (nSPS) is 18.2. The zero-order valence-corrected chi connectivity index (χ0v) is 13.5. The Kier molecular flexibility index (Phi) is 4.02. The number of aromatic amines is 2. The van der Waals surface area contributed by atoms with Gasteiger partial charge in [0.2, 0.25) is 5.91 Å². The second kappa shape index (κ2) is 6.47. The van der Waals surface area contributed by atoms with Crippen LogP contribution in [0.25, 0.3) is 11.0 Å². The molecule has 2 aromatic heterocycles. The second-order valence-electron chi connectivity index (χ2n) is 6.39. The average Bonchev–Trinajstić information content (AvgIpc) is 3.29. The smallest absolute Gasteiger partial charge is 0.223 e. The number of rotatable bonds is 4. The van der Waals surface area contributed by atoms with Gasteiger partial charge in [-0.3, -0.25) is 9.89 Å². The molecule has 6 heteroatoms. The van der Waals surface area contributed by atoms with E-state index in [4.69, 9.17) is 0 Å². The molecule has 0 spiro atoms. The first-order valence-electron chi connectivity index (χ1n) is 8.50. The van der Waals surface area contributed by atoms with E-state index in [-0.39, 0.29) is 5.91 Å². The summed E-state index contributed by atoms with van der Waals surface area (Å²) >= 11 is 0. The maximum atomic E-state index is 12.6. The third-order valence-corrected chi connectivity index (χ3v) is 4.75. The summed E-state index contributed by atoms with van der Waals surface area (Å²) in [5, 5.41) is 7.06. The van der Waals surface area contributed by atoms with E-state index in [2.05, 4.69) is 20.2 Å². The summed E-state index contributed by atoms with van der Waals surface area (Å²) in [6.07, 6.45) is 5.07. The summed E-state index contributed by atoms with van der Waals surface area (Å²) in [7, 11) is 0. The van der Waals surface area contributed by atoms with Crippen molar-refractivity contribution < 1.29 is 4.79 Å². The number of likely N-dealkylation sites (tertiary alicyclic amines) is 1. The first-order chi connectivity index (χ1) is 11.8. The van der Waals surface area contributed by atoms with Gasteiger partial charge in [-0.15, -0.1) is 0 Å². The third-order valence-electron chi connectivity index (χ3n) is 4.75. The van der Waals surface area contributed by atoms with Crippen molar-refractivity contribution in [3.05, 3.63) is 48.0 Å². The van der Waals surface area contributed by atoms with Gasteiger partial charge >= 0.3 is 0 Å². The highest BCUT2D eigenvalue weighted by molar-refractivity contribution is 5.77. The van der Waals surface area contributed by atoms with Crippen molar-refractivity contribution in [3.8, 4) is 0 Å². The number of aromatic nitrogens is 4. The Labute approximate surface area is 140 Å². The van der Waals surface area contributed by atoms with E-state index in [0.29, 0.717) is 18.8 Å². The van der Waals surface area contributed by atoms with Crippen molar-refractivity contribution in [2.75, 3.05) is 13.1 Å². The van der Waals surface area contributed by atoms with Crippen molar-refractivity contribution in [3.63, 3.8) is 0 Å². The average molecular weight is 323 g/mol. The fourth-order valence-corrected chi connectivity index (χ4v) is 3.46. The number of nitrogens with one attached hydrogen (secondary N) is 2. The van der Waals surface area contributed by atoms with E-state index in [9.17, 15) is 4.79 Å². The number of piperidine rings is 1. The van der Waals surface area contributed by atoms with Crippen LogP contribution in [0.4, 0.5) is 0 Å². The highest BCUT2D eigenvalue weighted by Gasteiger charge is 2.25. The molecule has 6 nitrogen and oxygen atoms in total. The Morgan fingerprint density at radius 2 is 2.21 bits per heavy atom. The number of aryl methyl sites for hydroxylation is 1. The fraction of sp³-hybridized carbons (Fsp3) is 0.389. The quantitative estimate of drug-likeness (QED) is 0.775. The predicted molar refractivity (Wildman–Crippen MR) is 91.6 cm³/mol. The van der Waals surface area contributed by atoms with Gasteiger partial charge in [0.05, 0.1) is 11.0 Å². The minimum absolute atomic E-state index is 0.208. The minimum atomic E-state index is 0.208.